The van der Waals surface area contributed by atoms with Crippen LogP contribution in [-0.4, -0.2) is 6.71 Å². The number of hydrogen-bond acceptors (Lipinski definition) is 5. The van der Waals surface area contributed by atoms with Gasteiger partial charge in [0.05, 0.1) is 17.1 Å². The molecule has 6 heteroatoms. The minimum absolute atomic E-state index is 0.348. The maximum Gasteiger partial charge on any atom is 0.252 e. The third kappa shape index (κ3) is 8.99. The van der Waals surface area contributed by atoms with Crippen molar-refractivity contribution in [3.8, 4) is 89.0 Å². The highest BCUT2D eigenvalue weighted by Crippen LogP contribution is 2.57. The molecule has 2 aliphatic rings. The molecule has 5 heterocycles. The van der Waals surface area contributed by atoms with E-state index in [1.54, 1.807) is 0 Å². The van der Waals surface area contributed by atoms with Gasteiger partial charge in [0.25, 0.3) is 6.71 Å². The normalized spacial score (nSPS) is 12.5. The molecule has 3 aromatic heterocycles. The Morgan fingerprint density at radius 3 is 1.01 bits per heavy atom. The van der Waals surface area contributed by atoms with Gasteiger partial charge in [0.15, 0.2) is 5.58 Å². The lowest BCUT2D eigenvalue weighted by molar-refractivity contribution is 0.669. The lowest BCUT2D eigenvalue weighted by atomic mass is 9.33. The van der Waals surface area contributed by atoms with Crippen molar-refractivity contribution in [2.75, 3.05) is 9.80 Å². The molecule has 474 valence electrons. The summed E-state index contributed by atoms with van der Waals surface area (Å²) in [5, 5.41) is 6.35. The van der Waals surface area contributed by atoms with Gasteiger partial charge in [-0.05, 0) is 121 Å². The average Bonchev–Trinajstić information content (AvgIpc) is 1.12. The molecule has 0 aliphatic carbocycles. The van der Waals surface area contributed by atoms with Crippen LogP contribution in [0.15, 0.2) is 371 Å². The molecule has 19 aromatic rings. The Morgan fingerprint density at radius 2 is 0.529 bits per heavy atom. The van der Waals surface area contributed by atoms with Crippen LogP contribution in [0.4, 0.5) is 34.1 Å². The van der Waals surface area contributed by atoms with Gasteiger partial charge in [0.2, 0.25) is 0 Å². The van der Waals surface area contributed by atoms with Crippen molar-refractivity contribution in [3.63, 3.8) is 0 Å². The molecule has 0 atom stereocenters. The second-order valence-electron chi connectivity index (χ2n) is 26.9. The zero-order chi connectivity index (χ0) is 66.9. The van der Waals surface area contributed by atoms with Crippen molar-refractivity contribution in [1.29, 1.82) is 0 Å². The number of fused-ring (bicyclic) bond motifs is 14. The molecule has 21 rings (SSSR count). The van der Waals surface area contributed by atoms with Crippen molar-refractivity contribution in [1.82, 2.24) is 0 Å². The van der Waals surface area contributed by atoms with E-state index >= 15 is 0 Å². The second-order valence-corrected chi connectivity index (χ2v) is 26.9. The van der Waals surface area contributed by atoms with Crippen LogP contribution in [0, 0.1) is 0 Å². The average molecular weight is 1300 g/mol. The predicted molar refractivity (Wildman–Crippen MR) is 426 cm³/mol. The molecule has 0 unspecified atom stereocenters. The minimum atomic E-state index is -0.348. The molecular weight excluding hydrogens is 1240 g/mol. The molecule has 0 fully saturated rings. The van der Waals surface area contributed by atoms with E-state index in [0.29, 0.717) is 0 Å². The van der Waals surface area contributed by atoms with Gasteiger partial charge in [0.1, 0.15) is 27.9 Å². The van der Waals surface area contributed by atoms with Crippen molar-refractivity contribution < 1.29 is 13.3 Å². The predicted octanol–water partition coefficient (Wildman–Crippen LogP) is 24.8. The Hall–Kier alpha value is -13.4. The summed E-state index contributed by atoms with van der Waals surface area (Å²) in [7, 11) is 0. The minimum Gasteiger partial charge on any atom is -0.455 e. The lowest BCUT2D eigenvalue weighted by Crippen LogP contribution is -2.61. The monoisotopic (exact) mass is 1300 g/mol. The van der Waals surface area contributed by atoms with E-state index in [-0.39, 0.29) is 6.71 Å². The topological polar surface area (TPSA) is 45.9 Å². The number of anilines is 6. The molecule has 0 spiro atoms. The quantitative estimate of drug-likeness (QED) is 0.128. The molecule has 102 heavy (non-hydrogen) atoms. The summed E-state index contributed by atoms with van der Waals surface area (Å²) in [6, 6.07) is 131. The first-order valence-corrected chi connectivity index (χ1v) is 35.0. The summed E-state index contributed by atoms with van der Waals surface area (Å²) in [5.74, 6) is 0. The van der Waals surface area contributed by atoms with Gasteiger partial charge >= 0.3 is 0 Å². The van der Waals surface area contributed by atoms with Gasteiger partial charge in [-0.15, -0.1) is 0 Å². The van der Waals surface area contributed by atoms with Crippen LogP contribution in [0.1, 0.15) is 0 Å². The zero-order valence-corrected chi connectivity index (χ0v) is 55.3. The first-order valence-electron chi connectivity index (χ1n) is 35.0. The van der Waals surface area contributed by atoms with Gasteiger partial charge in [-0.25, -0.2) is 0 Å². The van der Waals surface area contributed by atoms with E-state index in [1.807, 2.05) is 0 Å². The van der Waals surface area contributed by atoms with Crippen LogP contribution >= 0.6 is 0 Å². The molecule has 0 saturated heterocycles. The molecule has 0 bridgehead atoms. The van der Waals surface area contributed by atoms with E-state index in [1.165, 1.54) is 0 Å². The van der Waals surface area contributed by atoms with Gasteiger partial charge in [0, 0.05) is 82.8 Å². The maximum atomic E-state index is 7.69. The highest BCUT2D eigenvalue weighted by Gasteiger charge is 2.47. The Morgan fingerprint density at radius 1 is 0.196 bits per heavy atom. The van der Waals surface area contributed by atoms with E-state index in [0.717, 1.165) is 205 Å². The summed E-state index contributed by atoms with van der Waals surface area (Å²) >= 11 is 0. The van der Waals surface area contributed by atoms with Crippen molar-refractivity contribution in [2.24, 2.45) is 0 Å². The summed E-state index contributed by atoms with van der Waals surface area (Å²) in [6.07, 6.45) is 0. The largest absolute Gasteiger partial charge is 0.455 e. The van der Waals surface area contributed by atoms with Crippen molar-refractivity contribution in [2.45, 2.75) is 0 Å². The molecule has 5 nitrogen and oxygen atoms in total. The summed E-state index contributed by atoms with van der Waals surface area (Å²) in [5.41, 5.74) is 31.9. The molecule has 0 radical (unpaired) electrons. The van der Waals surface area contributed by atoms with Crippen LogP contribution in [0.25, 0.3) is 155 Å². The molecule has 2 aliphatic heterocycles. The summed E-state index contributed by atoms with van der Waals surface area (Å²) < 4.78 is 21.6. The molecule has 0 saturated carbocycles. The fourth-order valence-electron chi connectivity index (χ4n) is 16.7. The fourth-order valence-corrected chi connectivity index (χ4v) is 16.7. The molecule has 16 aromatic carbocycles. The Balaban J connectivity index is 0.931. The Kier molecular flexibility index (Phi) is 13.1. The van der Waals surface area contributed by atoms with Crippen LogP contribution in [-0.2, 0) is 0 Å². The number of furan rings is 3. The van der Waals surface area contributed by atoms with Gasteiger partial charge in [-0.1, -0.05) is 309 Å². The number of rotatable bonds is 10. The Bertz CT molecular complexity index is 6580. The molecule has 0 amide bonds. The number of hydrogen-bond donors (Lipinski definition) is 0. The van der Waals surface area contributed by atoms with Crippen LogP contribution < -0.4 is 26.2 Å². The summed E-state index contributed by atoms with van der Waals surface area (Å²) in [4.78, 5) is 5.24. The maximum absolute atomic E-state index is 7.69. The number of benzene rings is 16. The van der Waals surface area contributed by atoms with Crippen molar-refractivity contribution >= 4 is 123 Å². The smallest absolute Gasteiger partial charge is 0.252 e. The van der Waals surface area contributed by atoms with E-state index in [2.05, 4.69) is 368 Å². The van der Waals surface area contributed by atoms with E-state index < -0.39 is 0 Å². The number of nitrogens with zero attached hydrogens (tertiary/aromatic N) is 2. The lowest BCUT2D eigenvalue weighted by Gasteiger charge is -2.45. The first kappa shape index (κ1) is 57.6. The van der Waals surface area contributed by atoms with Crippen LogP contribution in [0.3, 0.4) is 0 Å². The Labute approximate surface area is 589 Å². The van der Waals surface area contributed by atoms with E-state index in [9.17, 15) is 0 Å². The van der Waals surface area contributed by atoms with Gasteiger partial charge in [-0.2, -0.15) is 0 Å². The van der Waals surface area contributed by atoms with Crippen LogP contribution in [0.5, 0.6) is 0 Å². The SMILES string of the molecule is c1ccc(-c2cccc(-c3cccc(-c4ccccc4)c3N3c4cc(-c5cccc6c5oc5ccccc56)ccc4B4c5ccc(-c6cccc7c6oc6ccccc67)cc5N(c5c(-c6ccccc6)cccc5-c5cccc(-c6ccccc6)c5)c5c4c3cc3c5oc4ccccc43)c2)cc1. The highest BCUT2D eigenvalue weighted by molar-refractivity contribution is 7.00. The van der Waals surface area contributed by atoms with E-state index in [4.69, 9.17) is 13.3 Å². The fraction of sp³-hybridized carbons (Fsp3) is 0. The van der Waals surface area contributed by atoms with Crippen LogP contribution in [0.2, 0.25) is 0 Å². The zero-order valence-electron chi connectivity index (χ0n) is 55.3. The van der Waals surface area contributed by atoms with Gasteiger partial charge in [-0.3, -0.25) is 0 Å². The highest BCUT2D eigenvalue weighted by atomic mass is 16.3. The molecular formula is C96H59BN2O3. The third-order valence-corrected chi connectivity index (χ3v) is 21.3. The van der Waals surface area contributed by atoms with Gasteiger partial charge < -0.3 is 23.1 Å². The second kappa shape index (κ2) is 23.1. The summed E-state index contributed by atoms with van der Waals surface area (Å²) in [6.45, 7) is -0.348. The molecule has 0 N–H and O–H groups in total. The van der Waals surface area contributed by atoms with Crippen molar-refractivity contribution in [3.05, 3.63) is 358 Å². The third-order valence-electron chi connectivity index (χ3n) is 21.3. The standard InChI is InChI=1S/C96H59BN2O3/c1-5-25-60(26-6-1)64-33-19-35-66(55-64)72-42-21-40-70(62-29-9-3-10-30-62)91(72)98-84-57-68(74-44-23-46-79-76-37-13-16-48-87(76)100-94(74)79)51-53-82(84)97-83-54-52-69(75-45-24-47-80-77-38-14-17-49-88(77)101-95(75)80)58-85(83)99(93-90(97)86(98)59-81-78-39-15-18-50-89(78)102-96(81)93)92-71(63-31-11-4-12-32-63)41-22-43-73(92)67-36-20-34-65(56-67)61-27-7-2-8-28-61/h1-59H. The number of para-hydroxylation sites is 7. The first-order chi connectivity index (χ1) is 50.6.